The number of esters is 1. The quantitative estimate of drug-likeness (QED) is 0.126. The van der Waals surface area contributed by atoms with Crippen LogP contribution >= 0.6 is 0 Å². The molecule has 0 aliphatic heterocycles. The van der Waals surface area contributed by atoms with Crippen LogP contribution < -0.4 is 24.4 Å². The number of hydrogen-bond acceptors (Lipinski definition) is 7. The summed E-state index contributed by atoms with van der Waals surface area (Å²) in [4.78, 5) is 24.8. The van der Waals surface area contributed by atoms with E-state index >= 15 is 0 Å². The molecule has 0 atom stereocenters. The van der Waals surface area contributed by atoms with Gasteiger partial charge in [0.1, 0.15) is 18.1 Å². The molecule has 0 saturated heterocycles. The molecule has 0 fully saturated rings. The van der Waals surface area contributed by atoms with Gasteiger partial charge in [-0.05, 0) is 78.7 Å². The summed E-state index contributed by atoms with van der Waals surface area (Å²) in [6, 6.07) is 18.3. The van der Waals surface area contributed by atoms with Crippen LogP contribution in [-0.2, 0) is 0 Å². The van der Waals surface area contributed by atoms with Gasteiger partial charge in [-0.2, -0.15) is 5.10 Å². The van der Waals surface area contributed by atoms with Crippen molar-refractivity contribution >= 4 is 18.1 Å². The average molecular weight is 489 g/mol. The van der Waals surface area contributed by atoms with E-state index in [1.165, 1.54) is 13.3 Å². The molecule has 0 aliphatic carbocycles. The summed E-state index contributed by atoms with van der Waals surface area (Å²) in [5.41, 5.74) is 3.92. The molecule has 0 radical (unpaired) electrons. The zero-order valence-corrected chi connectivity index (χ0v) is 20.2. The third-order valence-electron chi connectivity index (χ3n) is 4.82. The third kappa shape index (κ3) is 7.46. The highest BCUT2D eigenvalue weighted by Crippen LogP contribution is 2.28. The summed E-state index contributed by atoms with van der Waals surface area (Å²) in [7, 11) is 1.47. The minimum atomic E-state index is -0.523. The Hall–Kier alpha value is -4.59. The Kier molecular flexibility index (Phi) is 9.64. The molecule has 0 aliphatic rings. The predicted octanol–water partition coefficient (Wildman–Crippen LogP) is 5.03. The second-order valence-corrected chi connectivity index (χ2v) is 7.50. The Morgan fingerprint density at radius 2 is 1.58 bits per heavy atom. The number of ether oxygens (including phenoxy) is 4. The normalized spacial score (nSPS) is 10.5. The number of amides is 1. The zero-order chi connectivity index (χ0) is 25.8. The van der Waals surface area contributed by atoms with Gasteiger partial charge in [0.2, 0.25) is 0 Å². The van der Waals surface area contributed by atoms with Crippen LogP contribution in [0.25, 0.3) is 0 Å². The maximum absolute atomic E-state index is 12.5. The maximum Gasteiger partial charge on any atom is 0.343 e. The highest BCUT2D eigenvalue weighted by molar-refractivity contribution is 5.95. The first kappa shape index (κ1) is 26.0. The number of carbonyl (C=O) groups is 2. The van der Waals surface area contributed by atoms with Crippen LogP contribution in [0.5, 0.6) is 23.0 Å². The van der Waals surface area contributed by atoms with Gasteiger partial charge in [-0.3, -0.25) is 4.79 Å². The van der Waals surface area contributed by atoms with Crippen LogP contribution in [0.4, 0.5) is 0 Å². The molecule has 186 valence electrons. The molecule has 36 heavy (non-hydrogen) atoms. The molecule has 1 amide bonds. The third-order valence-corrected chi connectivity index (χ3v) is 4.82. The molecule has 0 bridgehead atoms. The van der Waals surface area contributed by atoms with Gasteiger partial charge >= 0.3 is 5.97 Å². The lowest BCUT2D eigenvalue weighted by atomic mass is 10.2. The smallest absolute Gasteiger partial charge is 0.343 e. The molecule has 3 rings (SSSR count). The van der Waals surface area contributed by atoms with Crippen LogP contribution in [0, 0.1) is 0 Å². The summed E-state index contributed by atoms with van der Waals surface area (Å²) in [5.74, 6) is 1.04. The highest BCUT2D eigenvalue weighted by atomic mass is 16.6. The fraction of sp³-hybridized carbons (Fsp3) is 0.179. The Morgan fingerprint density at radius 1 is 0.917 bits per heavy atom. The minimum absolute atomic E-state index is 0.258. The van der Waals surface area contributed by atoms with Gasteiger partial charge in [-0.25, -0.2) is 10.2 Å². The van der Waals surface area contributed by atoms with Gasteiger partial charge in [-0.15, -0.1) is 0 Å². The Morgan fingerprint density at radius 3 is 2.22 bits per heavy atom. The van der Waals surface area contributed by atoms with Crippen molar-refractivity contribution < 1.29 is 28.5 Å². The molecular weight excluding hydrogens is 460 g/mol. The zero-order valence-electron chi connectivity index (χ0n) is 20.2. The number of methoxy groups -OCH3 is 1. The van der Waals surface area contributed by atoms with Gasteiger partial charge in [0, 0.05) is 5.56 Å². The Bertz CT molecular complexity index is 1200. The van der Waals surface area contributed by atoms with E-state index in [0.717, 1.165) is 6.42 Å². The molecule has 0 heterocycles. The van der Waals surface area contributed by atoms with Crippen molar-refractivity contribution in [3.63, 3.8) is 0 Å². The monoisotopic (exact) mass is 488 g/mol. The fourth-order valence-electron chi connectivity index (χ4n) is 3.00. The molecule has 0 aromatic heterocycles. The predicted molar refractivity (Wildman–Crippen MR) is 137 cm³/mol. The molecule has 3 aromatic carbocycles. The van der Waals surface area contributed by atoms with Crippen molar-refractivity contribution in [1.82, 2.24) is 5.43 Å². The largest absolute Gasteiger partial charge is 0.494 e. The Labute approximate surface area is 210 Å². The van der Waals surface area contributed by atoms with Gasteiger partial charge < -0.3 is 18.9 Å². The average Bonchev–Trinajstić information content (AvgIpc) is 2.91. The summed E-state index contributed by atoms with van der Waals surface area (Å²) in [5, 5.41) is 3.99. The van der Waals surface area contributed by atoms with E-state index in [0.29, 0.717) is 47.2 Å². The van der Waals surface area contributed by atoms with E-state index < -0.39 is 5.97 Å². The lowest BCUT2D eigenvalue weighted by molar-refractivity contribution is 0.0729. The molecule has 0 saturated carbocycles. The van der Waals surface area contributed by atoms with E-state index in [4.69, 9.17) is 18.9 Å². The van der Waals surface area contributed by atoms with E-state index in [9.17, 15) is 9.59 Å². The summed E-state index contributed by atoms with van der Waals surface area (Å²) in [6.45, 7) is 6.61. The number of benzene rings is 3. The number of hydrogen-bond donors (Lipinski definition) is 1. The first-order valence-electron chi connectivity index (χ1n) is 11.3. The summed E-state index contributed by atoms with van der Waals surface area (Å²) < 4.78 is 21.8. The first-order chi connectivity index (χ1) is 17.5. The first-order valence-corrected chi connectivity index (χ1v) is 11.3. The number of nitrogens with one attached hydrogen (secondary N) is 1. The number of rotatable bonds is 12. The molecular formula is C28H28N2O6. The van der Waals surface area contributed by atoms with Crippen molar-refractivity contribution in [3.8, 4) is 23.0 Å². The van der Waals surface area contributed by atoms with Crippen molar-refractivity contribution in [1.29, 1.82) is 0 Å². The minimum Gasteiger partial charge on any atom is -0.494 e. The van der Waals surface area contributed by atoms with Crippen LogP contribution in [0.15, 0.2) is 84.5 Å². The molecule has 3 aromatic rings. The maximum atomic E-state index is 12.5. The molecule has 1 N–H and O–H groups in total. The fourth-order valence-corrected chi connectivity index (χ4v) is 3.00. The van der Waals surface area contributed by atoms with Crippen molar-refractivity contribution in [2.45, 2.75) is 13.3 Å². The van der Waals surface area contributed by atoms with Crippen LogP contribution in [0.3, 0.4) is 0 Å². The van der Waals surface area contributed by atoms with Gasteiger partial charge in [0.25, 0.3) is 5.91 Å². The Balaban J connectivity index is 1.59. The molecule has 8 heteroatoms. The standard InChI is InChI=1S/C28H28N2O6/c1-4-16-34-23-11-7-21(8-12-23)27(31)30-29-19-20-6-15-25(26(18-20)33-3)36-28(32)22-9-13-24(14-10-22)35-17-5-2/h4,6-15,18-19H,1,5,16-17H2,2-3H3,(H,30,31)/b29-19+. The van der Waals surface area contributed by atoms with Crippen LogP contribution in [-0.4, -0.2) is 38.4 Å². The van der Waals surface area contributed by atoms with Crippen LogP contribution in [0.2, 0.25) is 0 Å². The van der Waals surface area contributed by atoms with Gasteiger partial charge in [-0.1, -0.05) is 19.6 Å². The van der Waals surface area contributed by atoms with Gasteiger partial charge in [0.05, 0.1) is 25.5 Å². The summed E-state index contributed by atoms with van der Waals surface area (Å²) >= 11 is 0. The lowest BCUT2D eigenvalue weighted by Crippen LogP contribution is -2.17. The van der Waals surface area contributed by atoms with Crippen molar-refractivity contribution in [3.05, 3.63) is 96.1 Å². The van der Waals surface area contributed by atoms with Crippen molar-refractivity contribution in [2.75, 3.05) is 20.3 Å². The molecule has 0 spiro atoms. The second-order valence-electron chi connectivity index (χ2n) is 7.50. The van der Waals surface area contributed by atoms with E-state index in [1.54, 1.807) is 72.8 Å². The van der Waals surface area contributed by atoms with Crippen molar-refractivity contribution in [2.24, 2.45) is 5.10 Å². The number of nitrogens with zero attached hydrogens (tertiary/aromatic N) is 1. The highest BCUT2D eigenvalue weighted by Gasteiger charge is 2.13. The van der Waals surface area contributed by atoms with Crippen LogP contribution in [0.1, 0.15) is 39.6 Å². The number of carbonyl (C=O) groups excluding carboxylic acids is 2. The topological polar surface area (TPSA) is 95.5 Å². The second kappa shape index (κ2) is 13.3. The lowest BCUT2D eigenvalue weighted by Gasteiger charge is -2.10. The van der Waals surface area contributed by atoms with E-state index in [1.807, 2.05) is 6.92 Å². The van der Waals surface area contributed by atoms with E-state index in [2.05, 4.69) is 17.1 Å². The van der Waals surface area contributed by atoms with E-state index in [-0.39, 0.29) is 11.7 Å². The molecule has 0 unspecified atom stereocenters. The SMILES string of the molecule is C=CCOc1ccc(C(=O)N/N=C/c2ccc(OC(=O)c3ccc(OCCC)cc3)c(OC)c2)cc1. The van der Waals surface area contributed by atoms with Gasteiger partial charge in [0.15, 0.2) is 11.5 Å². The summed E-state index contributed by atoms with van der Waals surface area (Å²) in [6.07, 6.45) is 4.00. The molecule has 8 nitrogen and oxygen atoms in total. The number of hydrazone groups is 1.